The summed E-state index contributed by atoms with van der Waals surface area (Å²) in [5.74, 6) is -0.219. The minimum absolute atomic E-state index is 0.0743. The van der Waals surface area contributed by atoms with Crippen LogP contribution in [-0.2, 0) is 16.1 Å². The molecule has 2 heterocycles. The first-order valence-corrected chi connectivity index (χ1v) is 10.2. The molecule has 1 atom stereocenters. The van der Waals surface area contributed by atoms with Gasteiger partial charge in [0.15, 0.2) is 0 Å². The molecule has 2 amide bonds. The zero-order valence-electron chi connectivity index (χ0n) is 17.5. The lowest BCUT2D eigenvalue weighted by Gasteiger charge is -2.28. The first-order valence-electron chi connectivity index (χ1n) is 10.2. The van der Waals surface area contributed by atoms with Gasteiger partial charge in [0.25, 0.3) is 11.8 Å². The highest BCUT2D eigenvalue weighted by atomic mass is 16.5. The van der Waals surface area contributed by atoms with Crippen molar-refractivity contribution < 1.29 is 24.3 Å². The van der Waals surface area contributed by atoms with Crippen LogP contribution in [0.2, 0.25) is 0 Å². The van der Waals surface area contributed by atoms with E-state index >= 15 is 0 Å². The summed E-state index contributed by atoms with van der Waals surface area (Å²) in [7, 11) is 0. The maximum Gasteiger partial charge on any atom is 0.262 e. The van der Waals surface area contributed by atoms with E-state index in [2.05, 4.69) is 10.3 Å². The summed E-state index contributed by atoms with van der Waals surface area (Å²) >= 11 is 0. The van der Waals surface area contributed by atoms with Crippen molar-refractivity contribution in [3.8, 4) is 5.75 Å². The number of aryl methyl sites for hydroxylation is 1. The Hall–Kier alpha value is -3.01. The number of benzene rings is 1. The third-order valence-corrected chi connectivity index (χ3v) is 5.05. The second kappa shape index (κ2) is 11.4. The Bertz CT molecular complexity index is 866. The Morgan fingerprint density at radius 3 is 2.77 bits per heavy atom. The fourth-order valence-corrected chi connectivity index (χ4v) is 3.39. The van der Waals surface area contributed by atoms with Gasteiger partial charge < -0.3 is 14.8 Å². The molecule has 1 aliphatic heterocycles. The zero-order chi connectivity index (χ0) is 22.1. The molecule has 31 heavy (non-hydrogen) atoms. The van der Waals surface area contributed by atoms with Gasteiger partial charge in [-0.3, -0.25) is 24.7 Å². The molecule has 9 nitrogen and oxygen atoms in total. The predicted octanol–water partition coefficient (Wildman–Crippen LogP) is 1.30. The second-order valence-corrected chi connectivity index (χ2v) is 7.32. The molecule has 0 bridgehead atoms. The fourth-order valence-electron chi connectivity index (χ4n) is 3.39. The second-order valence-electron chi connectivity index (χ2n) is 7.32. The number of amides is 2. The number of hydroxylamine groups is 1. The van der Waals surface area contributed by atoms with Crippen LogP contribution >= 0.6 is 0 Å². The van der Waals surface area contributed by atoms with Crippen LogP contribution in [0.4, 0.5) is 0 Å². The van der Waals surface area contributed by atoms with Crippen LogP contribution in [0.15, 0.2) is 42.6 Å². The minimum atomic E-state index is -0.679. The average molecular weight is 428 g/mol. The molecule has 3 N–H and O–H groups in total. The number of aromatic nitrogens is 1. The smallest absolute Gasteiger partial charge is 0.262 e. The van der Waals surface area contributed by atoms with Crippen molar-refractivity contribution in [1.29, 1.82) is 0 Å². The zero-order valence-corrected chi connectivity index (χ0v) is 17.5. The lowest BCUT2D eigenvalue weighted by Crippen LogP contribution is -2.53. The quantitative estimate of drug-likeness (QED) is 0.429. The molecule has 9 heteroatoms. The van der Waals surface area contributed by atoms with Crippen molar-refractivity contribution >= 4 is 11.8 Å². The van der Waals surface area contributed by atoms with E-state index in [4.69, 9.17) is 14.7 Å². The highest BCUT2D eigenvalue weighted by molar-refractivity contribution is 5.94. The molecule has 0 radical (unpaired) electrons. The first kappa shape index (κ1) is 22.7. The van der Waals surface area contributed by atoms with Gasteiger partial charge in [-0.15, -0.1) is 0 Å². The highest BCUT2D eigenvalue weighted by Gasteiger charge is 2.27. The van der Waals surface area contributed by atoms with E-state index < -0.39 is 11.9 Å². The topological polar surface area (TPSA) is 113 Å². The summed E-state index contributed by atoms with van der Waals surface area (Å²) < 4.78 is 11.2. The van der Waals surface area contributed by atoms with Gasteiger partial charge in [0.1, 0.15) is 18.4 Å². The number of rotatable bonds is 8. The van der Waals surface area contributed by atoms with Crippen molar-refractivity contribution in [2.45, 2.75) is 26.0 Å². The summed E-state index contributed by atoms with van der Waals surface area (Å²) in [4.78, 5) is 30.7. The molecule has 1 aromatic carbocycles. The van der Waals surface area contributed by atoms with Crippen molar-refractivity contribution in [1.82, 2.24) is 20.7 Å². The van der Waals surface area contributed by atoms with Crippen LogP contribution < -0.4 is 15.5 Å². The lowest BCUT2D eigenvalue weighted by atomic mass is 10.1. The number of hydrogen-bond donors (Lipinski definition) is 3. The molecular weight excluding hydrogens is 400 g/mol. The number of ether oxygens (including phenoxy) is 2. The molecule has 0 spiro atoms. The Labute approximate surface area is 181 Å². The predicted molar refractivity (Wildman–Crippen MR) is 113 cm³/mol. The molecular formula is C22H28N4O5. The summed E-state index contributed by atoms with van der Waals surface area (Å²) in [6.45, 7) is 4.74. The summed E-state index contributed by atoms with van der Waals surface area (Å²) in [6.07, 6.45) is 2.52. The summed E-state index contributed by atoms with van der Waals surface area (Å²) in [5, 5.41) is 11.9. The van der Waals surface area contributed by atoms with Gasteiger partial charge >= 0.3 is 0 Å². The largest absolute Gasteiger partial charge is 0.489 e. The van der Waals surface area contributed by atoms with Gasteiger partial charge in [-0.2, -0.15) is 0 Å². The third kappa shape index (κ3) is 6.74. The van der Waals surface area contributed by atoms with E-state index in [0.717, 1.165) is 17.7 Å². The Kier molecular flexibility index (Phi) is 8.34. The highest BCUT2D eigenvalue weighted by Crippen LogP contribution is 2.15. The maximum atomic E-state index is 12.5. The van der Waals surface area contributed by atoms with E-state index in [-0.39, 0.29) is 12.5 Å². The minimum Gasteiger partial charge on any atom is -0.489 e. The van der Waals surface area contributed by atoms with Gasteiger partial charge in [0.05, 0.1) is 6.61 Å². The van der Waals surface area contributed by atoms with Gasteiger partial charge in [0, 0.05) is 43.7 Å². The fraction of sp³-hybridized carbons (Fsp3) is 0.409. The number of carbonyl (C=O) groups is 2. The number of nitrogens with one attached hydrogen (secondary N) is 2. The van der Waals surface area contributed by atoms with Crippen LogP contribution in [0.3, 0.4) is 0 Å². The van der Waals surface area contributed by atoms with Crippen molar-refractivity contribution in [3.63, 3.8) is 0 Å². The molecule has 0 unspecified atom stereocenters. The maximum absolute atomic E-state index is 12.5. The van der Waals surface area contributed by atoms with Crippen molar-refractivity contribution in [2.75, 3.05) is 32.8 Å². The van der Waals surface area contributed by atoms with E-state index in [1.807, 2.05) is 24.0 Å². The Morgan fingerprint density at radius 2 is 2.03 bits per heavy atom. The SMILES string of the molecule is Cc1cc(COc2ccc(C(=O)NC[C@@H](C(=O)NO)N3CCCOCC3)cc2)ccn1. The van der Waals surface area contributed by atoms with E-state index in [1.165, 1.54) is 0 Å². The Balaban J connectivity index is 1.54. The van der Waals surface area contributed by atoms with Gasteiger partial charge in [-0.05, 0) is 55.3 Å². The van der Waals surface area contributed by atoms with Gasteiger partial charge in [-0.1, -0.05) is 0 Å². The average Bonchev–Trinajstić information content (AvgIpc) is 3.07. The number of pyridine rings is 1. The molecule has 1 fully saturated rings. The molecule has 166 valence electrons. The van der Waals surface area contributed by atoms with Gasteiger partial charge in [0.2, 0.25) is 0 Å². The van der Waals surface area contributed by atoms with Gasteiger partial charge in [-0.25, -0.2) is 5.48 Å². The molecule has 3 rings (SSSR count). The van der Waals surface area contributed by atoms with Crippen molar-refractivity contribution in [3.05, 3.63) is 59.4 Å². The van der Waals surface area contributed by atoms with E-state index in [1.54, 1.807) is 35.9 Å². The van der Waals surface area contributed by atoms with E-state index in [0.29, 0.717) is 44.2 Å². The normalized spacial score (nSPS) is 15.5. The van der Waals surface area contributed by atoms with Crippen LogP contribution in [0.25, 0.3) is 0 Å². The lowest BCUT2D eigenvalue weighted by molar-refractivity contribution is -0.134. The molecule has 1 aliphatic rings. The van der Waals surface area contributed by atoms with E-state index in [9.17, 15) is 9.59 Å². The Morgan fingerprint density at radius 1 is 1.23 bits per heavy atom. The van der Waals surface area contributed by atoms with Crippen LogP contribution in [0.5, 0.6) is 5.75 Å². The molecule has 1 aromatic heterocycles. The molecule has 0 aliphatic carbocycles. The first-order chi connectivity index (χ1) is 15.1. The molecule has 1 saturated heterocycles. The standard InChI is InChI=1S/C22H28N4O5/c1-16-13-17(7-8-23-16)15-31-19-5-3-18(4-6-19)21(27)24-14-20(22(28)25-29)26-9-2-11-30-12-10-26/h3-8,13,20,29H,2,9-12,14-15H2,1H3,(H,24,27)(H,25,28)/t20-/m0/s1. The monoisotopic (exact) mass is 428 g/mol. The summed E-state index contributed by atoms with van der Waals surface area (Å²) in [5.41, 5.74) is 4.08. The molecule has 2 aromatic rings. The van der Waals surface area contributed by atoms with Crippen LogP contribution in [0.1, 0.15) is 28.0 Å². The summed E-state index contributed by atoms with van der Waals surface area (Å²) in [6, 6.07) is 9.97. The third-order valence-electron chi connectivity index (χ3n) is 5.05. The number of carbonyl (C=O) groups excluding carboxylic acids is 2. The number of hydrogen-bond acceptors (Lipinski definition) is 7. The van der Waals surface area contributed by atoms with Crippen LogP contribution in [0, 0.1) is 6.92 Å². The van der Waals surface area contributed by atoms with Crippen LogP contribution in [-0.4, -0.2) is 65.8 Å². The number of nitrogens with zero attached hydrogens (tertiary/aromatic N) is 2. The van der Waals surface area contributed by atoms with Crippen molar-refractivity contribution in [2.24, 2.45) is 0 Å². The molecule has 0 saturated carbocycles.